The highest BCUT2D eigenvalue weighted by Crippen LogP contribution is 2.55. The average molecular weight is 903 g/mol. The van der Waals surface area contributed by atoms with Crippen molar-refractivity contribution in [3.05, 3.63) is 225 Å². The third kappa shape index (κ3) is 6.84. The molecule has 0 fully saturated rings. The van der Waals surface area contributed by atoms with E-state index in [0.717, 1.165) is 50.8 Å². The fraction of sp³-hybridized carbons (Fsp3) is 0.194. The molecule has 0 bridgehead atoms. The van der Waals surface area contributed by atoms with Crippen molar-refractivity contribution < 1.29 is 0 Å². The molecule has 2 nitrogen and oxygen atoms in total. The summed E-state index contributed by atoms with van der Waals surface area (Å²) in [5.41, 5.74) is 32.1. The van der Waals surface area contributed by atoms with E-state index in [-0.39, 0.29) is 5.41 Å². The van der Waals surface area contributed by atoms with Gasteiger partial charge in [0.05, 0.1) is 5.69 Å². The molecule has 0 amide bonds. The first kappa shape index (κ1) is 42.7. The van der Waals surface area contributed by atoms with Gasteiger partial charge in [-0.2, -0.15) is 0 Å². The number of rotatable bonds is 9. The van der Waals surface area contributed by atoms with Crippen molar-refractivity contribution in [2.75, 3.05) is 10.2 Å². The standard InChI is InChI=1S/C67H59BN2/c1-6-7-18-43-29-32-63(52(34-43)45-21-12-9-13-22-45)70-64-39-54-50(42(3)33-51(54)44-19-10-8-11-20-44)38-61(64)68-65-57(36-53-48-24-15-14-23-46(48)35-58(53)66(65)70)56-37-55-49-25-16-17-26-59(49)67(4,5)60(55)40-62(56)69-47-30-27-41(2)28-31-47/h8-16,19-25,27-32,34,36-40,68-69H,6-7,17-18,26,33,35H2,1-5H3. The Kier molecular flexibility index (Phi) is 10.2. The Labute approximate surface area is 414 Å². The van der Waals surface area contributed by atoms with E-state index in [9.17, 15) is 0 Å². The van der Waals surface area contributed by atoms with Crippen molar-refractivity contribution in [3.63, 3.8) is 0 Å². The SMILES string of the molecule is CCCCc1ccc(N2c3cc4c(cc3Bc3c(-c5cc6c(cc5Nc5ccc(C)cc5)C(C)(C)C5=C6C=CCC5)cc5c(c32)Cc2ccccc2-5)=C(C)CC=4c2ccccc2)c(-c2ccccc2)c1. The Morgan fingerprint density at radius 1 is 0.643 bits per heavy atom. The quantitative estimate of drug-likeness (QED) is 0.145. The van der Waals surface area contributed by atoms with E-state index in [1.165, 1.54) is 140 Å². The Bertz CT molecular complexity index is 3670. The third-order valence-electron chi connectivity index (χ3n) is 16.5. The second-order valence-corrected chi connectivity index (χ2v) is 21.2. The lowest BCUT2D eigenvalue weighted by Gasteiger charge is -2.38. The number of hydrogen-bond acceptors (Lipinski definition) is 2. The molecular weight excluding hydrogens is 844 g/mol. The monoisotopic (exact) mass is 902 g/mol. The first-order valence-corrected chi connectivity index (χ1v) is 25.8. The molecule has 0 unspecified atom stereocenters. The Hall–Kier alpha value is -7.36. The van der Waals surface area contributed by atoms with Crippen molar-refractivity contribution in [1.29, 1.82) is 0 Å². The van der Waals surface area contributed by atoms with Crippen molar-refractivity contribution in [2.45, 2.75) is 85.0 Å². The van der Waals surface area contributed by atoms with Gasteiger partial charge >= 0.3 is 0 Å². The maximum absolute atomic E-state index is 4.06. The Morgan fingerprint density at radius 2 is 1.40 bits per heavy atom. The number of unbranched alkanes of at least 4 members (excludes halogenated alkanes) is 1. The highest BCUT2D eigenvalue weighted by Gasteiger charge is 2.40. The van der Waals surface area contributed by atoms with Gasteiger partial charge in [-0.15, -0.1) is 0 Å². The summed E-state index contributed by atoms with van der Waals surface area (Å²) >= 11 is 0. The van der Waals surface area contributed by atoms with Crippen LogP contribution in [0.3, 0.4) is 0 Å². The fourth-order valence-electron chi connectivity index (χ4n) is 12.8. The summed E-state index contributed by atoms with van der Waals surface area (Å²) in [6.45, 7) is 11.7. The first-order valence-electron chi connectivity index (χ1n) is 25.8. The molecule has 1 heterocycles. The highest BCUT2D eigenvalue weighted by molar-refractivity contribution is 6.73. The van der Waals surface area contributed by atoms with Gasteiger partial charge in [-0.3, -0.25) is 0 Å². The minimum absolute atomic E-state index is 0.0643. The van der Waals surface area contributed by atoms with Crippen molar-refractivity contribution >= 4 is 63.4 Å². The molecule has 8 aromatic rings. The van der Waals surface area contributed by atoms with Crippen LogP contribution >= 0.6 is 0 Å². The molecule has 4 aliphatic carbocycles. The zero-order valence-electron chi connectivity index (χ0n) is 41.3. The highest BCUT2D eigenvalue weighted by atomic mass is 15.2. The smallest absolute Gasteiger partial charge is 0.198 e. The predicted molar refractivity (Wildman–Crippen MR) is 300 cm³/mol. The molecule has 0 radical (unpaired) electrons. The number of nitrogens with one attached hydrogen (secondary N) is 1. The maximum Gasteiger partial charge on any atom is 0.198 e. The van der Waals surface area contributed by atoms with Crippen LogP contribution in [0.15, 0.2) is 175 Å². The molecule has 1 N–H and O–H groups in total. The molecule has 0 saturated heterocycles. The van der Waals surface area contributed by atoms with Crippen LogP contribution in [0.2, 0.25) is 0 Å². The van der Waals surface area contributed by atoms with E-state index < -0.39 is 0 Å². The first-order chi connectivity index (χ1) is 34.2. The van der Waals surface area contributed by atoms with Gasteiger partial charge in [-0.05, 0) is 177 Å². The van der Waals surface area contributed by atoms with Gasteiger partial charge < -0.3 is 10.2 Å². The number of benzene rings is 8. The van der Waals surface area contributed by atoms with E-state index in [4.69, 9.17) is 0 Å². The van der Waals surface area contributed by atoms with E-state index >= 15 is 0 Å². The Balaban J connectivity index is 1.15. The minimum atomic E-state index is -0.0643. The second-order valence-electron chi connectivity index (χ2n) is 21.2. The largest absolute Gasteiger partial charge is 0.355 e. The van der Waals surface area contributed by atoms with Crippen LogP contribution in [0.1, 0.15) is 98.7 Å². The zero-order valence-corrected chi connectivity index (χ0v) is 41.3. The summed E-state index contributed by atoms with van der Waals surface area (Å²) in [5, 5.41) is 6.81. The lowest BCUT2D eigenvalue weighted by Crippen LogP contribution is -2.45. The zero-order chi connectivity index (χ0) is 47.3. The van der Waals surface area contributed by atoms with Crippen LogP contribution in [0.4, 0.5) is 28.4 Å². The summed E-state index contributed by atoms with van der Waals surface area (Å²) < 4.78 is 0. The van der Waals surface area contributed by atoms with Gasteiger partial charge in [0.1, 0.15) is 0 Å². The minimum Gasteiger partial charge on any atom is -0.355 e. The molecule has 0 aromatic heterocycles. The van der Waals surface area contributed by atoms with E-state index in [1.807, 2.05) is 0 Å². The van der Waals surface area contributed by atoms with E-state index in [2.05, 4.69) is 215 Å². The van der Waals surface area contributed by atoms with Crippen LogP contribution in [0.5, 0.6) is 0 Å². The summed E-state index contributed by atoms with van der Waals surface area (Å²) in [6.07, 6.45) is 12.3. The number of hydrogen-bond donors (Lipinski definition) is 1. The van der Waals surface area contributed by atoms with Crippen LogP contribution in [-0.4, -0.2) is 7.28 Å². The molecule has 5 aliphatic rings. The third-order valence-corrected chi connectivity index (χ3v) is 16.5. The van der Waals surface area contributed by atoms with Gasteiger partial charge in [0, 0.05) is 45.7 Å². The van der Waals surface area contributed by atoms with E-state index in [0.29, 0.717) is 0 Å². The molecular formula is C67H59BN2. The van der Waals surface area contributed by atoms with Crippen LogP contribution < -0.4 is 31.6 Å². The molecule has 8 aromatic carbocycles. The van der Waals surface area contributed by atoms with E-state index in [1.54, 1.807) is 5.57 Å². The molecule has 0 spiro atoms. The lowest BCUT2D eigenvalue weighted by atomic mass is 9.57. The molecule has 1 aliphatic heterocycles. The number of anilines is 5. The van der Waals surface area contributed by atoms with Gasteiger partial charge in [-0.1, -0.05) is 171 Å². The summed E-state index contributed by atoms with van der Waals surface area (Å²) in [6, 6.07) is 60.7. The number of fused-ring (bicyclic) bond motifs is 9. The topological polar surface area (TPSA) is 15.3 Å². The molecule has 13 rings (SSSR count). The van der Waals surface area contributed by atoms with Crippen LogP contribution in [0.25, 0.3) is 50.1 Å². The van der Waals surface area contributed by atoms with Gasteiger partial charge in [0.15, 0.2) is 7.28 Å². The molecule has 70 heavy (non-hydrogen) atoms. The summed E-state index contributed by atoms with van der Waals surface area (Å²) in [7, 11) is 0.830. The maximum atomic E-state index is 4.06. The van der Waals surface area contributed by atoms with Crippen molar-refractivity contribution in [3.8, 4) is 33.4 Å². The fourth-order valence-corrected chi connectivity index (χ4v) is 12.8. The molecule has 0 saturated carbocycles. The normalized spacial score (nSPS) is 15.5. The molecule has 340 valence electrons. The van der Waals surface area contributed by atoms with Gasteiger partial charge in [0.2, 0.25) is 0 Å². The van der Waals surface area contributed by atoms with Crippen LogP contribution in [0, 0.1) is 6.92 Å². The number of nitrogens with zero attached hydrogens (tertiary/aromatic N) is 1. The second kappa shape index (κ2) is 16.7. The van der Waals surface area contributed by atoms with Crippen molar-refractivity contribution in [1.82, 2.24) is 0 Å². The predicted octanol–water partition coefficient (Wildman–Crippen LogP) is 14.3. The molecule has 0 atom stereocenters. The number of allylic oxidation sites excluding steroid dienone is 4. The van der Waals surface area contributed by atoms with Crippen LogP contribution in [-0.2, 0) is 18.3 Å². The Morgan fingerprint density at radius 3 is 2.20 bits per heavy atom. The summed E-state index contributed by atoms with van der Waals surface area (Å²) in [5.74, 6) is 0. The summed E-state index contributed by atoms with van der Waals surface area (Å²) in [4.78, 5) is 2.74. The number of aryl methyl sites for hydroxylation is 2. The van der Waals surface area contributed by atoms with Crippen molar-refractivity contribution in [2.24, 2.45) is 0 Å². The van der Waals surface area contributed by atoms with Gasteiger partial charge in [0.25, 0.3) is 0 Å². The lowest BCUT2D eigenvalue weighted by molar-refractivity contribution is 0.607. The van der Waals surface area contributed by atoms with Gasteiger partial charge in [-0.25, -0.2) is 0 Å². The molecule has 3 heteroatoms. The average Bonchev–Trinajstić information content (AvgIpc) is 4.01.